The molecule has 1 N–H and O–H groups in total. The summed E-state index contributed by atoms with van der Waals surface area (Å²) in [5, 5.41) is 13.1. The first-order valence-electron chi connectivity index (χ1n) is 5.07. The largest absolute Gasteiger partial charge is 0.493 e. The standard InChI is InChI=1S/C12H14N2O2/c1-16-12-6-13-14(8-12)7-10-2-4-11(9-15)5-3-10/h2-6,8,15H,7,9H2,1H3. The van der Waals surface area contributed by atoms with Crippen molar-refractivity contribution in [2.24, 2.45) is 0 Å². The highest BCUT2D eigenvalue weighted by Crippen LogP contribution is 2.10. The highest BCUT2D eigenvalue weighted by atomic mass is 16.5. The molecule has 0 aliphatic rings. The van der Waals surface area contributed by atoms with Gasteiger partial charge in [-0.15, -0.1) is 0 Å². The fourth-order valence-corrected chi connectivity index (χ4v) is 1.47. The second-order valence-corrected chi connectivity index (χ2v) is 3.55. The van der Waals surface area contributed by atoms with Gasteiger partial charge in [0.15, 0.2) is 5.75 Å². The lowest BCUT2D eigenvalue weighted by molar-refractivity contribution is 0.282. The lowest BCUT2D eigenvalue weighted by Gasteiger charge is -2.02. The Bertz CT molecular complexity index is 448. The first-order chi connectivity index (χ1) is 7.81. The van der Waals surface area contributed by atoms with Crippen LogP contribution in [0.4, 0.5) is 0 Å². The van der Waals surface area contributed by atoms with Crippen LogP contribution in [0.25, 0.3) is 0 Å². The molecule has 0 unspecified atom stereocenters. The van der Waals surface area contributed by atoms with Crippen molar-refractivity contribution < 1.29 is 9.84 Å². The number of benzene rings is 1. The van der Waals surface area contributed by atoms with E-state index < -0.39 is 0 Å². The Morgan fingerprint density at radius 3 is 2.50 bits per heavy atom. The summed E-state index contributed by atoms with van der Waals surface area (Å²) in [6.45, 7) is 0.783. The maximum absolute atomic E-state index is 8.92. The molecule has 2 aromatic rings. The first kappa shape index (κ1) is 10.7. The molecule has 0 amide bonds. The van der Waals surface area contributed by atoms with Crippen LogP contribution >= 0.6 is 0 Å². The average Bonchev–Trinajstić information content (AvgIpc) is 2.78. The minimum absolute atomic E-state index is 0.0792. The van der Waals surface area contributed by atoms with Gasteiger partial charge in [0, 0.05) is 0 Å². The summed E-state index contributed by atoms with van der Waals surface area (Å²) in [6.07, 6.45) is 3.53. The van der Waals surface area contributed by atoms with Crippen molar-refractivity contribution in [3.63, 3.8) is 0 Å². The molecule has 1 aromatic heterocycles. The highest BCUT2D eigenvalue weighted by molar-refractivity contribution is 5.22. The van der Waals surface area contributed by atoms with Crippen LogP contribution in [0, 0.1) is 0 Å². The molecule has 0 fully saturated rings. The Kier molecular flexibility index (Phi) is 3.22. The summed E-state index contributed by atoms with van der Waals surface area (Å²) in [6, 6.07) is 7.80. The molecule has 4 heteroatoms. The zero-order valence-corrected chi connectivity index (χ0v) is 9.13. The van der Waals surface area contributed by atoms with Gasteiger partial charge in [-0.1, -0.05) is 24.3 Å². The van der Waals surface area contributed by atoms with Gasteiger partial charge in [-0.05, 0) is 11.1 Å². The van der Waals surface area contributed by atoms with E-state index in [-0.39, 0.29) is 6.61 Å². The summed E-state index contributed by atoms with van der Waals surface area (Å²) in [5.74, 6) is 0.756. The minimum atomic E-state index is 0.0792. The van der Waals surface area contributed by atoms with Crippen molar-refractivity contribution in [1.82, 2.24) is 9.78 Å². The highest BCUT2D eigenvalue weighted by Gasteiger charge is 1.99. The number of hydrogen-bond donors (Lipinski definition) is 1. The van der Waals surface area contributed by atoms with E-state index in [1.807, 2.05) is 35.1 Å². The molecular formula is C12H14N2O2. The van der Waals surface area contributed by atoms with E-state index in [9.17, 15) is 0 Å². The number of methoxy groups -OCH3 is 1. The van der Waals surface area contributed by atoms with E-state index in [0.717, 1.165) is 16.9 Å². The van der Waals surface area contributed by atoms with Crippen LogP contribution < -0.4 is 4.74 Å². The molecule has 84 valence electrons. The van der Waals surface area contributed by atoms with E-state index in [0.29, 0.717) is 6.54 Å². The van der Waals surface area contributed by atoms with Crippen molar-refractivity contribution >= 4 is 0 Å². The molecule has 2 rings (SSSR count). The normalized spacial score (nSPS) is 10.4. The van der Waals surface area contributed by atoms with Crippen LogP contribution in [0.15, 0.2) is 36.7 Å². The van der Waals surface area contributed by atoms with Gasteiger partial charge >= 0.3 is 0 Å². The summed E-state index contributed by atoms with van der Waals surface area (Å²) in [7, 11) is 1.62. The summed E-state index contributed by atoms with van der Waals surface area (Å²) < 4.78 is 6.86. The van der Waals surface area contributed by atoms with E-state index in [4.69, 9.17) is 9.84 Å². The smallest absolute Gasteiger partial charge is 0.156 e. The SMILES string of the molecule is COc1cnn(Cc2ccc(CO)cc2)c1. The van der Waals surface area contributed by atoms with Gasteiger partial charge in [0.2, 0.25) is 0 Å². The topological polar surface area (TPSA) is 47.3 Å². The van der Waals surface area contributed by atoms with E-state index in [1.165, 1.54) is 0 Å². The molecule has 0 bridgehead atoms. The van der Waals surface area contributed by atoms with Gasteiger partial charge in [0.05, 0.1) is 32.7 Å². The Labute approximate surface area is 94.1 Å². The van der Waals surface area contributed by atoms with Gasteiger partial charge in [-0.25, -0.2) is 0 Å². The number of aliphatic hydroxyl groups is 1. The molecule has 0 atom stereocenters. The van der Waals surface area contributed by atoms with Crippen LogP contribution in [0.2, 0.25) is 0 Å². The van der Waals surface area contributed by atoms with E-state index in [2.05, 4.69) is 5.10 Å². The van der Waals surface area contributed by atoms with Crippen LogP contribution in [-0.4, -0.2) is 22.0 Å². The maximum atomic E-state index is 8.92. The Morgan fingerprint density at radius 2 is 1.94 bits per heavy atom. The molecule has 1 heterocycles. The predicted molar refractivity (Wildman–Crippen MR) is 60.2 cm³/mol. The third kappa shape index (κ3) is 2.41. The lowest BCUT2D eigenvalue weighted by atomic mass is 10.1. The van der Waals surface area contributed by atoms with E-state index >= 15 is 0 Å². The van der Waals surface area contributed by atoms with Crippen LogP contribution in [0.3, 0.4) is 0 Å². The quantitative estimate of drug-likeness (QED) is 0.844. The average molecular weight is 218 g/mol. The number of rotatable bonds is 4. The number of ether oxygens (including phenoxy) is 1. The van der Waals surface area contributed by atoms with Crippen LogP contribution in [-0.2, 0) is 13.2 Å². The Morgan fingerprint density at radius 1 is 1.25 bits per heavy atom. The number of nitrogens with zero attached hydrogens (tertiary/aromatic N) is 2. The predicted octanol–water partition coefficient (Wildman–Crippen LogP) is 1.43. The van der Waals surface area contributed by atoms with Crippen LogP contribution in [0.5, 0.6) is 5.75 Å². The number of aliphatic hydroxyl groups excluding tert-OH is 1. The van der Waals surface area contributed by atoms with E-state index in [1.54, 1.807) is 13.3 Å². The molecule has 0 saturated heterocycles. The third-order valence-electron chi connectivity index (χ3n) is 2.40. The molecule has 0 radical (unpaired) electrons. The van der Waals surface area contributed by atoms with Crippen molar-refractivity contribution in [2.75, 3.05) is 7.11 Å². The monoisotopic (exact) mass is 218 g/mol. The number of hydrogen-bond acceptors (Lipinski definition) is 3. The zero-order chi connectivity index (χ0) is 11.4. The van der Waals surface area contributed by atoms with Crippen molar-refractivity contribution in [3.8, 4) is 5.75 Å². The molecule has 0 spiro atoms. The minimum Gasteiger partial charge on any atom is -0.493 e. The molecule has 1 aromatic carbocycles. The third-order valence-corrected chi connectivity index (χ3v) is 2.40. The lowest BCUT2D eigenvalue weighted by Crippen LogP contribution is -1.99. The molecule has 4 nitrogen and oxygen atoms in total. The van der Waals surface area contributed by atoms with Crippen LogP contribution in [0.1, 0.15) is 11.1 Å². The van der Waals surface area contributed by atoms with Gasteiger partial charge < -0.3 is 9.84 Å². The molecular weight excluding hydrogens is 204 g/mol. The molecule has 0 saturated carbocycles. The summed E-state index contributed by atoms with van der Waals surface area (Å²) in [5.41, 5.74) is 2.06. The fourth-order valence-electron chi connectivity index (χ4n) is 1.47. The zero-order valence-electron chi connectivity index (χ0n) is 9.13. The van der Waals surface area contributed by atoms with Gasteiger partial charge in [-0.2, -0.15) is 5.10 Å². The summed E-state index contributed by atoms with van der Waals surface area (Å²) in [4.78, 5) is 0. The van der Waals surface area contributed by atoms with Gasteiger partial charge in [-0.3, -0.25) is 4.68 Å². The first-order valence-corrected chi connectivity index (χ1v) is 5.07. The second-order valence-electron chi connectivity index (χ2n) is 3.55. The Balaban J connectivity index is 2.08. The number of aromatic nitrogens is 2. The molecule has 0 aliphatic carbocycles. The second kappa shape index (κ2) is 4.81. The fraction of sp³-hybridized carbons (Fsp3) is 0.250. The maximum Gasteiger partial charge on any atom is 0.156 e. The molecule has 16 heavy (non-hydrogen) atoms. The Hall–Kier alpha value is -1.81. The van der Waals surface area contributed by atoms with Gasteiger partial charge in [0.25, 0.3) is 0 Å². The summed E-state index contributed by atoms with van der Waals surface area (Å²) >= 11 is 0. The van der Waals surface area contributed by atoms with Crippen molar-refractivity contribution in [3.05, 3.63) is 47.8 Å². The van der Waals surface area contributed by atoms with Crippen molar-refractivity contribution in [2.45, 2.75) is 13.2 Å². The van der Waals surface area contributed by atoms with Gasteiger partial charge in [0.1, 0.15) is 0 Å². The van der Waals surface area contributed by atoms with Crippen molar-refractivity contribution in [1.29, 1.82) is 0 Å². The molecule has 0 aliphatic heterocycles.